The van der Waals surface area contributed by atoms with Gasteiger partial charge in [-0.25, -0.2) is 9.69 Å². The summed E-state index contributed by atoms with van der Waals surface area (Å²) in [5.74, 6) is -3.40. The molecule has 0 fully saturated rings. The third-order valence-corrected chi connectivity index (χ3v) is 2.75. The number of nitrogens with one attached hydrogen (secondary N) is 1. The molecule has 0 aliphatic carbocycles. The Hall–Kier alpha value is -2.57. The van der Waals surface area contributed by atoms with Gasteiger partial charge in [-0.1, -0.05) is 0 Å². The lowest BCUT2D eigenvalue weighted by Crippen LogP contribution is -2.50. The summed E-state index contributed by atoms with van der Waals surface area (Å²) in [6, 6.07) is 4.76. The molecule has 2 amide bonds. The Morgan fingerprint density at radius 3 is 2.68 bits per heavy atom. The minimum absolute atomic E-state index is 0.127. The summed E-state index contributed by atoms with van der Waals surface area (Å²) in [6.45, 7) is 1.46. The maximum atomic E-state index is 11.9. The Morgan fingerprint density at radius 2 is 2.11 bits per heavy atom. The fourth-order valence-electron chi connectivity index (χ4n) is 1.79. The van der Waals surface area contributed by atoms with E-state index in [1.54, 1.807) is 19.2 Å². The molecule has 0 saturated heterocycles. The van der Waals surface area contributed by atoms with Gasteiger partial charge in [0, 0.05) is 12.7 Å². The fourth-order valence-corrected chi connectivity index (χ4v) is 1.79. The van der Waals surface area contributed by atoms with Crippen LogP contribution in [0.1, 0.15) is 6.92 Å². The molecule has 0 bridgehead atoms. The number of carbonyl (C=O) groups is 3. The molecule has 1 aliphatic heterocycles. The number of hydrogen-bond donors (Lipinski definition) is 2. The number of benzene rings is 1. The van der Waals surface area contributed by atoms with Crippen LogP contribution in [0.15, 0.2) is 18.2 Å². The molecule has 0 radical (unpaired) electrons. The Balaban J connectivity index is 2.56. The van der Waals surface area contributed by atoms with Crippen molar-refractivity contribution in [2.75, 3.05) is 17.3 Å². The zero-order valence-corrected chi connectivity index (χ0v) is 10.3. The smallest absolute Gasteiger partial charge is 0.395 e. The summed E-state index contributed by atoms with van der Waals surface area (Å²) in [5, 5.41) is 11.6. The topological polar surface area (TPSA) is 95.9 Å². The van der Waals surface area contributed by atoms with Gasteiger partial charge in [-0.3, -0.25) is 9.59 Å². The van der Waals surface area contributed by atoms with Gasteiger partial charge < -0.3 is 15.2 Å². The number of nitrogens with zero attached hydrogens (tertiary/aromatic N) is 1. The Morgan fingerprint density at radius 1 is 1.42 bits per heavy atom. The van der Waals surface area contributed by atoms with Crippen molar-refractivity contribution >= 4 is 29.2 Å². The Labute approximate surface area is 108 Å². The van der Waals surface area contributed by atoms with Gasteiger partial charge in [-0.15, -0.1) is 0 Å². The molecule has 1 heterocycles. The number of hydrogen-bond acceptors (Lipinski definition) is 5. The van der Waals surface area contributed by atoms with Crippen LogP contribution in [0.5, 0.6) is 5.75 Å². The highest BCUT2D eigenvalue weighted by molar-refractivity contribution is 6.43. The van der Waals surface area contributed by atoms with E-state index in [0.717, 1.165) is 0 Å². The van der Waals surface area contributed by atoms with Crippen LogP contribution in [-0.2, 0) is 14.4 Å². The monoisotopic (exact) mass is 264 g/mol. The van der Waals surface area contributed by atoms with Crippen molar-refractivity contribution in [3.63, 3.8) is 0 Å². The Bertz CT molecular complexity index is 569. The highest BCUT2D eigenvalue weighted by Gasteiger charge is 2.38. The highest BCUT2D eigenvalue weighted by atomic mass is 16.5. The van der Waals surface area contributed by atoms with Gasteiger partial charge in [-0.05, 0) is 25.1 Å². The summed E-state index contributed by atoms with van der Waals surface area (Å²) >= 11 is 0. The van der Waals surface area contributed by atoms with Crippen LogP contribution >= 0.6 is 0 Å². The molecule has 7 nitrogen and oxygen atoms in total. The number of aliphatic carboxylic acids is 1. The summed E-state index contributed by atoms with van der Waals surface area (Å²) in [7, 11) is 1.67. The molecule has 19 heavy (non-hydrogen) atoms. The van der Waals surface area contributed by atoms with Crippen LogP contribution in [0.25, 0.3) is 0 Å². The molecular formula is C12H12N2O5. The van der Waals surface area contributed by atoms with Crippen molar-refractivity contribution in [1.82, 2.24) is 0 Å². The van der Waals surface area contributed by atoms with E-state index in [1.807, 2.05) is 0 Å². The normalized spacial score (nSPS) is 17.5. The Kier molecular flexibility index (Phi) is 3.12. The summed E-state index contributed by atoms with van der Waals surface area (Å²) < 4.78 is 5.34. The van der Waals surface area contributed by atoms with Gasteiger partial charge in [0.15, 0.2) is 6.10 Å². The van der Waals surface area contributed by atoms with E-state index in [2.05, 4.69) is 5.32 Å². The van der Waals surface area contributed by atoms with Crippen LogP contribution < -0.4 is 15.0 Å². The number of carboxylic acids is 1. The first kappa shape index (κ1) is 12.9. The van der Waals surface area contributed by atoms with Crippen molar-refractivity contribution in [2.45, 2.75) is 13.0 Å². The fraction of sp³-hybridized carbons (Fsp3) is 0.250. The van der Waals surface area contributed by atoms with Crippen molar-refractivity contribution in [3.05, 3.63) is 18.2 Å². The quantitative estimate of drug-likeness (QED) is 0.715. The summed E-state index contributed by atoms with van der Waals surface area (Å²) in [5.41, 5.74) is 0.759. The summed E-state index contributed by atoms with van der Waals surface area (Å²) in [6.07, 6.45) is -0.906. The molecule has 100 valence electrons. The molecular weight excluding hydrogens is 252 g/mol. The molecule has 0 aromatic heterocycles. The van der Waals surface area contributed by atoms with Crippen molar-refractivity contribution in [2.24, 2.45) is 0 Å². The minimum Gasteiger partial charge on any atom is -0.479 e. The zero-order valence-electron chi connectivity index (χ0n) is 10.3. The number of anilines is 2. The number of imide groups is 1. The molecule has 1 aromatic carbocycles. The van der Waals surface area contributed by atoms with Gasteiger partial charge in [-0.2, -0.15) is 0 Å². The second-order valence-corrected chi connectivity index (χ2v) is 3.98. The predicted molar refractivity (Wildman–Crippen MR) is 66.2 cm³/mol. The van der Waals surface area contributed by atoms with E-state index >= 15 is 0 Å². The number of carbonyl (C=O) groups excluding carboxylic acids is 2. The van der Waals surface area contributed by atoms with E-state index in [1.165, 1.54) is 13.0 Å². The molecule has 2 N–H and O–H groups in total. The van der Waals surface area contributed by atoms with E-state index in [0.29, 0.717) is 16.3 Å². The van der Waals surface area contributed by atoms with Crippen LogP contribution in [0.2, 0.25) is 0 Å². The predicted octanol–water partition coefficient (Wildman–Crippen LogP) is 0.453. The number of ether oxygens (including phenoxy) is 1. The molecule has 0 saturated carbocycles. The van der Waals surface area contributed by atoms with Gasteiger partial charge >= 0.3 is 11.9 Å². The first-order chi connectivity index (χ1) is 8.95. The molecule has 1 unspecified atom stereocenters. The second kappa shape index (κ2) is 4.60. The van der Waals surface area contributed by atoms with Crippen LogP contribution in [-0.4, -0.2) is 36.0 Å². The van der Waals surface area contributed by atoms with Gasteiger partial charge in [0.05, 0.1) is 5.69 Å². The van der Waals surface area contributed by atoms with Crippen molar-refractivity contribution < 1.29 is 24.2 Å². The van der Waals surface area contributed by atoms with E-state index in [-0.39, 0.29) is 5.69 Å². The van der Waals surface area contributed by atoms with Gasteiger partial charge in [0.25, 0.3) is 5.91 Å². The molecule has 7 heteroatoms. The summed E-state index contributed by atoms with van der Waals surface area (Å²) in [4.78, 5) is 35.0. The first-order valence-electron chi connectivity index (χ1n) is 5.55. The number of carboxylic acid groups (broad SMARTS) is 1. The lowest BCUT2D eigenvalue weighted by molar-refractivity contribution is -0.150. The van der Waals surface area contributed by atoms with Crippen molar-refractivity contribution in [1.29, 1.82) is 0 Å². The number of amides is 2. The average molecular weight is 264 g/mol. The second-order valence-electron chi connectivity index (χ2n) is 3.98. The van der Waals surface area contributed by atoms with Crippen molar-refractivity contribution in [3.8, 4) is 5.75 Å². The van der Waals surface area contributed by atoms with Crippen LogP contribution in [0, 0.1) is 0 Å². The molecule has 2 rings (SSSR count). The minimum atomic E-state index is -1.69. The lowest BCUT2D eigenvalue weighted by atomic mass is 10.1. The van der Waals surface area contributed by atoms with Crippen LogP contribution in [0.3, 0.4) is 0 Å². The van der Waals surface area contributed by atoms with Gasteiger partial charge in [0.2, 0.25) is 0 Å². The molecule has 0 spiro atoms. The van der Waals surface area contributed by atoms with E-state index in [4.69, 9.17) is 9.84 Å². The standard InChI is InChI=1S/C12H12N2O5/c1-6-10(15)14(11(16)12(17)18)8-5-7(13-2)3-4-9(8)19-6/h3-6,13H,1-2H3,(H,17,18). The largest absolute Gasteiger partial charge is 0.479 e. The molecule has 1 aromatic rings. The molecule has 1 aliphatic rings. The molecule has 1 atom stereocenters. The SMILES string of the molecule is CNc1ccc2c(c1)N(C(=O)C(=O)O)C(=O)C(C)O2. The zero-order chi connectivity index (χ0) is 14.2. The van der Waals surface area contributed by atoms with E-state index in [9.17, 15) is 14.4 Å². The number of rotatable bonds is 1. The van der Waals surface area contributed by atoms with Crippen LogP contribution in [0.4, 0.5) is 11.4 Å². The van der Waals surface area contributed by atoms with Gasteiger partial charge in [0.1, 0.15) is 5.75 Å². The first-order valence-corrected chi connectivity index (χ1v) is 5.55. The number of fused-ring (bicyclic) bond motifs is 1. The average Bonchev–Trinajstić information content (AvgIpc) is 2.39. The maximum absolute atomic E-state index is 11.9. The highest BCUT2D eigenvalue weighted by Crippen LogP contribution is 2.36. The van der Waals surface area contributed by atoms with E-state index < -0.39 is 23.9 Å². The third-order valence-electron chi connectivity index (χ3n) is 2.75. The third kappa shape index (κ3) is 2.10. The maximum Gasteiger partial charge on any atom is 0.395 e. The lowest BCUT2D eigenvalue weighted by Gasteiger charge is -2.30.